The monoisotopic (exact) mass is 176 g/mol. The van der Waals surface area contributed by atoms with E-state index in [1.165, 1.54) is 0 Å². The van der Waals surface area contributed by atoms with E-state index >= 15 is 0 Å². The van der Waals surface area contributed by atoms with Gasteiger partial charge in [0.05, 0.1) is 0 Å². The Hall–Kier alpha value is -1.42. The molecule has 1 aliphatic heterocycles. The minimum atomic E-state index is 0.425. The van der Waals surface area contributed by atoms with Crippen LogP contribution in [0.15, 0.2) is 35.3 Å². The van der Waals surface area contributed by atoms with Gasteiger partial charge in [0.1, 0.15) is 0 Å². The molecule has 0 saturated heterocycles. The Morgan fingerprint density at radius 1 is 1.17 bits per heavy atom. The fraction of sp³-hybridized carbons (Fsp3) is 0. The smallest absolute Gasteiger partial charge is 0.215 e. The van der Waals surface area contributed by atoms with Gasteiger partial charge in [-0.2, -0.15) is 10.4 Å². The van der Waals surface area contributed by atoms with Gasteiger partial charge < -0.3 is 0 Å². The maximum absolute atomic E-state index is 4.80. The SMILES string of the molecule is S=C1N=C(c2ccccc2)[N]N1. The lowest BCUT2D eigenvalue weighted by atomic mass is 10.2. The number of benzene rings is 1. The van der Waals surface area contributed by atoms with Gasteiger partial charge in [0, 0.05) is 5.56 Å². The van der Waals surface area contributed by atoms with Crippen LogP contribution in [0.1, 0.15) is 5.56 Å². The van der Waals surface area contributed by atoms with Crippen LogP contribution in [0.25, 0.3) is 0 Å². The molecule has 12 heavy (non-hydrogen) atoms. The summed E-state index contributed by atoms with van der Waals surface area (Å²) in [6, 6.07) is 9.71. The molecule has 0 aromatic heterocycles. The van der Waals surface area contributed by atoms with Gasteiger partial charge in [0.15, 0.2) is 5.84 Å². The Morgan fingerprint density at radius 2 is 1.92 bits per heavy atom. The van der Waals surface area contributed by atoms with Crippen molar-refractivity contribution in [1.82, 2.24) is 10.9 Å². The molecule has 0 atom stereocenters. The molecule has 1 aromatic carbocycles. The molecule has 0 unspecified atom stereocenters. The van der Waals surface area contributed by atoms with Gasteiger partial charge >= 0.3 is 0 Å². The average molecular weight is 176 g/mol. The summed E-state index contributed by atoms with van der Waals surface area (Å²) >= 11 is 4.80. The third-order valence-corrected chi connectivity index (χ3v) is 1.68. The topological polar surface area (TPSA) is 38.5 Å². The first-order chi connectivity index (χ1) is 5.86. The van der Waals surface area contributed by atoms with E-state index in [1.54, 1.807) is 0 Å². The van der Waals surface area contributed by atoms with Crippen molar-refractivity contribution in [2.45, 2.75) is 0 Å². The largest absolute Gasteiger partial charge is 0.250 e. The fourth-order valence-corrected chi connectivity index (χ4v) is 1.10. The number of rotatable bonds is 1. The van der Waals surface area contributed by atoms with E-state index in [-0.39, 0.29) is 0 Å². The van der Waals surface area contributed by atoms with E-state index in [2.05, 4.69) is 15.8 Å². The molecule has 1 aromatic rings. The van der Waals surface area contributed by atoms with Gasteiger partial charge in [-0.3, -0.25) is 0 Å². The number of nitrogens with zero attached hydrogens (tertiary/aromatic N) is 2. The first-order valence-electron chi connectivity index (χ1n) is 3.51. The number of aliphatic imine (C=N–C) groups is 1. The second kappa shape index (κ2) is 2.91. The van der Waals surface area contributed by atoms with Crippen LogP contribution in [-0.2, 0) is 0 Å². The van der Waals surface area contributed by atoms with E-state index in [9.17, 15) is 0 Å². The van der Waals surface area contributed by atoms with E-state index < -0.39 is 0 Å². The number of hydrogen-bond acceptors (Lipinski definition) is 1. The zero-order valence-electron chi connectivity index (χ0n) is 6.19. The van der Waals surface area contributed by atoms with Crippen molar-refractivity contribution in [2.24, 2.45) is 4.99 Å². The quantitative estimate of drug-likeness (QED) is 0.644. The first kappa shape index (κ1) is 7.24. The summed E-state index contributed by atoms with van der Waals surface area (Å²) in [4.78, 5) is 4.03. The number of amidine groups is 1. The summed E-state index contributed by atoms with van der Waals surface area (Å²) < 4.78 is 0. The van der Waals surface area contributed by atoms with E-state index in [4.69, 9.17) is 12.2 Å². The van der Waals surface area contributed by atoms with Crippen molar-refractivity contribution in [1.29, 1.82) is 0 Å². The van der Waals surface area contributed by atoms with Crippen LogP contribution in [0, 0.1) is 0 Å². The third kappa shape index (κ3) is 1.29. The van der Waals surface area contributed by atoms with Gasteiger partial charge in [0.25, 0.3) is 0 Å². The molecule has 1 heterocycles. The molecule has 0 aliphatic carbocycles. The minimum Gasteiger partial charge on any atom is -0.250 e. The van der Waals surface area contributed by atoms with Gasteiger partial charge in [-0.1, -0.05) is 30.3 Å². The van der Waals surface area contributed by atoms with Crippen molar-refractivity contribution < 1.29 is 0 Å². The van der Waals surface area contributed by atoms with E-state index in [0.717, 1.165) is 5.56 Å². The normalized spacial score (nSPS) is 15.0. The minimum absolute atomic E-state index is 0.425. The summed E-state index contributed by atoms with van der Waals surface area (Å²) in [5.41, 5.74) is 7.54. The lowest BCUT2D eigenvalue weighted by Gasteiger charge is -1.95. The average Bonchev–Trinajstić information content (AvgIpc) is 2.54. The highest BCUT2D eigenvalue weighted by Gasteiger charge is 2.12. The zero-order chi connectivity index (χ0) is 8.39. The molecule has 1 N–H and O–H groups in total. The maximum atomic E-state index is 4.80. The standard InChI is InChI=1S/C8H6N3S/c12-8-9-7(10-11-8)6-4-2-1-3-5-6/h1-5H,(H,11,12). The highest BCUT2D eigenvalue weighted by Crippen LogP contribution is 2.02. The second-order valence-corrected chi connectivity index (χ2v) is 2.72. The Kier molecular flexibility index (Phi) is 1.75. The molecule has 59 valence electrons. The van der Waals surface area contributed by atoms with E-state index in [0.29, 0.717) is 10.9 Å². The Labute approximate surface area is 75.5 Å². The lowest BCUT2D eigenvalue weighted by molar-refractivity contribution is 0.890. The molecule has 3 nitrogen and oxygen atoms in total. The van der Waals surface area contributed by atoms with Gasteiger partial charge in [-0.25, -0.2) is 5.43 Å². The van der Waals surface area contributed by atoms with Crippen molar-refractivity contribution in [3.63, 3.8) is 0 Å². The summed E-state index contributed by atoms with van der Waals surface area (Å²) in [5.74, 6) is 0.653. The van der Waals surface area contributed by atoms with Crippen LogP contribution in [0.3, 0.4) is 0 Å². The predicted octanol–water partition coefficient (Wildman–Crippen LogP) is 0.841. The Balaban J connectivity index is 2.33. The second-order valence-electron chi connectivity index (χ2n) is 2.33. The summed E-state index contributed by atoms with van der Waals surface area (Å²) in [5, 5.41) is 0.425. The highest BCUT2D eigenvalue weighted by atomic mass is 32.1. The Morgan fingerprint density at radius 3 is 2.50 bits per heavy atom. The van der Waals surface area contributed by atoms with Crippen molar-refractivity contribution in [2.75, 3.05) is 0 Å². The number of nitrogens with one attached hydrogen (secondary N) is 1. The highest BCUT2D eigenvalue weighted by molar-refractivity contribution is 7.80. The molecule has 1 radical (unpaired) electrons. The van der Waals surface area contributed by atoms with Gasteiger partial charge in [-0.05, 0) is 12.2 Å². The van der Waals surface area contributed by atoms with Crippen LogP contribution in [0.2, 0.25) is 0 Å². The molecule has 1 aliphatic rings. The van der Waals surface area contributed by atoms with Crippen LogP contribution in [0.4, 0.5) is 0 Å². The molecular formula is C8H6N3S. The van der Waals surface area contributed by atoms with Crippen molar-refractivity contribution in [3.8, 4) is 0 Å². The lowest BCUT2D eigenvalue weighted by Crippen LogP contribution is -2.24. The summed E-state index contributed by atoms with van der Waals surface area (Å²) in [6.07, 6.45) is 0. The van der Waals surface area contributed by atoms with Gasteiger partial charge in [-0.15, -0.1) is 0 Å². The summed E-state index contributed by atoms with van der Waals surface area (Å²) in [6.45, 7) is 0. The molecule has 4 heteroatoms. The maximum Gasteiger partial charge on any atom is 0.215 e. The van der Waals surface area contributed by atoms with Crippen LogP contribution in [-0.4, -0.2) is 10.9 Å². The van der Waals surface area contributed by atoms with Crippen molar-refractivity contribution >= 4 is 23.2 Å². The predicted molar refractivity (Wildman–Crippen MR) is 50.8 cm³/mol. The van der Waals surface area contributed by atoms with Crippen LogP contribution in [0.5, 0.6) is 0 Å². The summed E-state index contributed by atoms with van der Waals surface area (Å²) in [7, 11) is 0. The first-order valence-corrected chi connectivity index (χ1v) is 3.92. The number of thiocarbonyl (C=S) groups is 1. The Bertz CT molecular complexity index is 331. The fourth-order valence-electron chi connectivity index (χ4n) is 0.963. The van der Waals surface area contributed by atoms with Crippen molar-refractivity contribution in [3.05, 3.63) is 35.9 Å². The third-order valence-electron chi connectivity index (χ3n) is 1.50. The number of hydrogen-bond donors (Lipinski definition) is 1. The molecular weight excluding hydrogens is 170 g/mol. The van der Waals surface area contributed by atoms with E-state index in [1.807, 2.05) is 30.3 Å². The molecule has 2 rings (SSSR count). The molecule has 0 amide bonds. The molecule has 0 spiro atoms. The molecule has 0 bridgehead atoms. The van der Waals surface area contributed by atoms with Crippen LogP contribution < -0.4 is 10.9 Å². The zero-order valence-corrected chi connectivity index (χ0v) is 7.01. The molecule has 0 fully saturated rings. The van der Waals surface area contributed by atoms with Gasteiger partial charge in [0.2, 0.25) is 5.11 Å². The van der Waals surface area contributed by atoms with Crippen LogP contribution >= 0.6 is 12.2 Å². The molecule has 0 saturated carbocycles.